The summed E-state index contributed by atoms with van der Waals surface area (Å²) >= 11 is 0. The lowest BCUT2D eigenvalue weighted by molar-refractivity contribution is -0.942. The van der Waals surface area contributed by atoms with Crippen LogP contribution in [0.15, 0.2) is 11.1 Å². The van der Waals surface area contributed by atoms with Crippen molar-refractivity contribution in [3.63, 3.8) is 0 Å². The van der Waals surface area contributed by atoms with Gasteiger partial charge in [-0.05, 0) is 44.6 Å². The Kier molecular flexibility index (Phi) is 3.09. The van der Waals surface area contributed by atoms with Gasteiger partial charge in [-0.2, -0.15) is 0 Å². The molecule has 0 N–H and O–H groups in total. The minimum Gasteiger partial charge on any atom is -0.317 e. The molecule has 0 saturated carbocycles. The molecule has 2 aliphatic heterocycles. The van der Waals surface area contributed by atoms with Crippen molar-refractivity contribution in [2.24, 2.45) is 5.92 Å². The molecule has 0 amide bonds. The lowest BCUT2D eigenvalue weighted by Crippen LogP contribution is -2.60. The van der Waals surface area contributed by atoms with Gasteiger partial charge >= 0.3 is 0 Å². The molecule has 0 radical (unpaired) electrons. The molecular formula is C17H30N+. The van der Waals surface area contributed by atoms with E-state index in [4.69, 9.17) is 0 Å². The summed E-state index contributed by atoms with van der Waals surface area (Å²) in [5.74, 6) is 0.985. The number of quaternary nitrogens is 1. The highest BCUT2D eigenvalue weighted by Crippen LogP contribution is 2.52. The molecule has 0 aromatic heterocycles. The first-order valence-corrected chi connectivity index (χ1v) is 8.15. The minimum atomic E-state index is 0.508. The number of likely N-dealkylation sites (N-methyl/N-ethyl adjacent to an activating group) is 1. The normalized spacial score (nSPS) is 43.8. The number of hydrogen-bond acceptors (Lipinski definition) is 0. The van der Waals surface area contributed by atoms with Gasteiger partial charge in [0.05, 0.1) is 20.1 Å². The quantitative estimate of drug-likeness (QED) is 0.505. The number of nitrogens with zero attached hydrogens (tertiary/aromatic N) is 1. The molecule has 0 aromatic carbocycles. The van der Waals surface area contributed by atoms with Crippen molar-refractivity contribution >= 4 is 0 Å². The first kappa shape index (κ1) is 12.7. The highest BCUT2D eigenvalue weighted by molar-refractivity contribution is 5.29. The first-order valence-electron chi connectivity index (χ1n) is 8.15. The second kappa shape index (κ2) is 4.37. The molecule has 0 bridgehead atoms. The molecule has 1 fully saturated rings. The van der Waals surface area contributed by atoms with Crippen LogP contribution in [0.3, 0.4) is 0 Å². The second-order valence-corrected chi connectivity index (χ2v) is 7.47. The van der Waals surface area contributed by atoms with E-state index < -0.39 is 0 Å². The molecule has 0 aromatic rings. The van der Waals surface area contributed by atoms with Crippen molar-refractivity contribution in [2.45, 2.75) is 70.8 Å². The predicted molar refractivity (Wildman–Crippen MR) is 77.4 cm³/mol. The van der Waals surface area contributed by atoms with E-state index in [9.17, 15) is 0 Å². The average molecular weight is 248 g/mol. The Hall–Kier alpha value is -0.300. The molecule has 1 aliphatic carbocycles. The van der Waals surface area contributed by atoms with Gasteiger partial charge in [0, 0.05) is 18.8 Å². The van der Waals surface area contributed by atoms with Crippen LogP contribution in [0.5, 0.6) is 0 Å². The summed E-state index contributed by atoms with van der Waals surface area (Å²) in [6.07, 6.45) is 11.4. The number of fused-ring (bicyclic) bond motifs is 2. The maximum absolute atomic E-state index is 2.60. The van der Waals surface area contributed by atoms with Crippen molar-refractivity contribution in [1.82, 2.24) is 0 Å². The van der Waals surface area contributed by atoms with Gasteiger partial charge in [-0.25, -0.2) is 0 Å². The van der Waals surface area contributed by atoms with Crippen LogP contribution < -0.4 is 0 Å². The Morgan fingerprint density at radius 1 is 1.22 bits per heavy atom. The first-order chi connectivity index (χ1) is 8.59. The van der Waals surface area contributed by atoms with E-state index in [1.165, 1.54) is 68.9 Å². The van der Waals surface area contributed by atoms with Crippen LogP contribution >= 0.6 is 0 Å². The van der Waals surface area contributed by atoms with Gasteiger partial charge in [-0.3, -0.25) is 0 Å². The summed E-state index contributed by atoms with van der Waals surface area (Å²) < 4.78 is 1.36. The molecule has 2 heterocycles. The molecule has 1 heteroatoms. The fraction of sp³-hybridized carbons (Fsp3) is 0.882. The third-order valence-corrected chi connectivity index (χ3v) is 6.38. The predicted octanol–water partition coefficient (Wildman–Crippen LogP) is 4.29. The molecule has 1 saturated heterocycles. The Balaban J connectivity index is 1.94. The van der Waals surface area contributed by atoms with Crippen LogP contribution in [0.2, 0.25) is 0 Å². The van der Waals surface area contributed by atoms with E-state index in [0.717, 1.165) is 5.92 Å². The molecular weight excluding hydrogens is 218 g/mol. The van der Waals surface area contributed by atoms with E-state index in [-0.39, 0.29) is 0 Å². The topological polar surface area (TPSA) is 0 Å². The van der Waals surface area contributed by atoms with Crippen molar-refractivity contribution < 1.29 is 4.48 Å². The summed E-state index contributed by atoms with van der Waals surface area (Å²) in [6, 6.07) is 0. The van der Waals surface area contributed by atoms with Crippen LogP contribution in [0.1, 0.15) is 65.2 Å². The highest BCUT2D eigenvalue weighted by atomic mass is 15.4. The Bertz CT molecular complexity index is 370. The van der Waals surface area contributed by atoms with Gasteiger partial charge in [0.15, 0.2) is 0 Å². The standard InChI is InChI=1S/C17H30N/c1-4-7-14-12-17(2)16-9-6-5-8-15(16)10-11-18(17,3)13-14/h14H,4-13H2,1-3H3/q+1/t14-,17-,18-/m1/s1. The van der Waals surface area contributed by atoms with E-state index in [0.29, 0.717) is 5.54 Å². The monoisotopic (exact) mass is 248 g/mol. The molecule has 0 spiro atoms. The second-order valence-electron chi connectivity index (χ2n) is 7.47. The smallest absolute Gasteiger partial charge is 0.118 e. The fourth-order valence-electron chi connectivity index (χ4n) is 5.28. The fourth-order valence-corrected chi connectivity index (χ4v) is 5.28. The zero-order valence-electron chi connectivity index (χ0n) is 12.6. The highest BCUT2D eigenvalue weighted by Gasteiger charge is 2.56. The summed E-state index contributed by atoms with van der Waals surface area (Å²) in [6.45, 7) is 7.81. The lowest BCUT2D eigenvalue weighted by atomic mass is 9.73. The van der Waals surface area contributed by atoms with E-state index >= 15 is 0 Å². The molecule has 3 rings (SSSR count). The van der Waals surface area contributed by atoms with Crippen LogP contribution in [0.25, 0.3) is 0 Å². The van der Waals surface area contributed by atoms with Crippen molar-refractivity contribution in [3.8, 4) is 0 Å². The number of rotatable bonds is 2. The summed E-state index contributed by atoms with van der Waals surface area (Å²) in [4.78, 5) is 0. The average Bonchev–Trinajstić information content (AvgIpc) is 2.62. The molecule has 3 aliphatic rings. The molecule has 3 atom stereocenters. The summed E-state index contributed by atoms with van der Waals surface area (Å²) in [5.41, 5.74) is 4.28. The van der Waals surface area contributed by atoms with E-state index in [2.05, 4.69) is 20.9 Å². The third kappa shape index (κ3) is 1.70. The lowest BCUT2D eigenvalue weighted by Gasteiger charge is -2.51. The maximum atomic E-state index is 2.60. The Morgan fingerprint density at radius 3 is 2.78 bits per heavy atom. The molecule has 1 nitrogen and oxygen atoms in total. The van der Waals surface area contributed by atoms with Crippen LogP contribution in [0.4, 0.5) is 0 Å². The van der Waals surface area contributed by atoms with Crippen molar-refractivity contribution in [2.75, 3.05) is 20.1 Å². The number of hydrogen-bond donors (Lipinski definition) is 0. The van der Waals surface area contributed by atoms with Crippen LogP contribution in [0, 0.1) is 5.92 Å². The van der Waals surface area contributed by atoms with Gasteiger partial charge in [0.1, 0.15) is 5.54 Å². The SMILES string of the molecule is CCC[C@@H]1C[C@]2(C)C3=C(CCCC3)CC[N@+]2(C)C1. The minimum absolute atomic E-state index is 0.508. The van der Waals surface area contributed by atoms with Gasteiger partial charge in [-0.15, -0.1) is 0 Å². The third-order valence-electron chi connectivity index (χ3n) is 6.38. The zero-order chi connectivity index (χ0) is 12.8. The summed E-state index contributed by atoms with van der Waals surface area (Å²) in [7, 11) is 2.55. The summed E-state index contributed by atoms with van der Waals surface area (Å²) in [5, 5.41) is 0. The maximum Gasteiger partial charge on any atom is 0.118 e. The molecule has 0 unspecified atom stereocenters. The van der Waals surface area contributed by atoms with Gasteiger partial charge in [-0.1, -0.05) is 18.9 Å². The zero-order valence-corrected chi connectivity index (χ0v) is 12.6. The molecule has 18 heavy (non-hydrogen) atoms. The van der Waals surface area contributed by atoms with Crippen molar-refractivity contribution in [3.05, 3.63) is 11.1 Å². The van der Waals surface area contributed by atoms with Gasteiger partial charge in [0.2, 0.25) is 0 Å². The van der Waals surface area contributed by atoms with Crippen LogP contribution in [-0.2, 0) is 0 Å². The molecule has 102 valence electrons. The Labute approximate surface area is 113 Å². The van der Waals surface area contributed by atoms with Crippen LogP contribution in [-0.4, -0.2) is 30.2 Å². The van der Waals surface area contributed by atoms with E-state index in [1.54, 1.807) is 0 Å². The Morgan fingerprint density at radius 2 is 2.00 bits per heavy atom. The van der Waals surface area contributed by atoms with Gasteiger partial charge in [0.25, 0.3) is 0 Å². The largest absolute Gasteiger partial charge is 0.317 e. The van der Waals surface area contributed by atoms with E-state index in [1.807, 2.05) is 11.1 Å². The van der Waals surface area contributed by atoms with Crippen molar-refractivity contribution in [1.29, 1.82) is 0 Å². The van der Waals surface area contributed by atoms with Gasteiger partial charge < -0.3 is 4.48 Å².